The molecule has 104 valence electrons. The highest BCUT2D eigenvalue weighted by molar-refractivity contribution is 6.32. The summed E-state index contributed by atoms with van der Waals surface area (Å²) in [5.74, 6) is 1.59. The van der Waals surface area contributed by atoms with Crippen LogP contribution in [0.5, 0.6) is 0 Å². The number of rotatable bonds is 4. The molecule has 1 saturated heterocycles. The minimum Gasteiger partial charge on any atom is -0.381 e. The van der Waals surface area contributed by atoms with Crippen molar-refractivity contribution in [3.05, 3.63) is 16.5 Å². The molecule has 0 spiro atoms. The molecule has 2 rings (SSSR count). The van der Waals surface area contributed by atoms with Crippen molar-refractivity contribution in [3.63, 3.8) is 0 Å². The summed E-state index contributed by atoms with van der Waals surface area (Å²) in [5, 5.41) is 3.49. The predicted molar refractivity (Wildman–Crippen MR) is 73.8 cm³/mol. The number of anilines is 1. The van der Waals surface area contributed by atoms with Crippen molar-refractivity contribution in [1.82, 2.24) is 9.97 Å². The molecular formula is C13H18ClN3O2. The van der Waals surface area contributed by atoms with Gasteiger partial charge in [-0.05, 0) is 32.6 Å². The number of carbonyl (C=O) groups is 1. The van der Waals surface area contributed by atoms with Crippen molar-refractivity contribution in [2.24, 2.45) is 5.92 Å². The van der Waals surface area contributed by atoms with Crippen LogP contribution in [0.4, 0.5) is 5.82 Å². The van der Waals surface area contributed by atoms with Crippen LogP contribution in [0.2, 0.25) is 5.15 Å². The number of aromatic nitrogens is 2. The lowest BCUT2D eigenvalue weighted by molar-refractivity contribution is 0.0622. The van der Waals surface area contributed by atoms with Gasteiger partial charge in [-0.1, -0.05) is 11.6 Å². The van der Waals surface area contributed by atoms with Gasteiger partial charge in [0.2, 0.25) is 0 Å². The van der Waals surface area contributed by atoms with Crippen LogP contribution in [0, 0.1) is 12.8 Å². The molecule has 0 radical (unpaired) electrons. The standard InChI is InChI=1S/C13H18ClN3O2/c1-8(10-3-5-19-6-4-10)15-13-11(7-18)12(14)16-9(2)17-13/h7-8,10H,3-6H2,1-2H3,(H,15,16,17). The Labute approximate surface area is 117 Å². The number of halogens is 1. The summed E-state index contributed by atoms with van der Waals surface area (Å²) >= 11 is 5.96. The predicted octanol–water partition coefficient (Wildman–Crippen LogP) is 2.48. The first kappa shape index (κ1) is 14.2. The van der Waals surface area contributed by atoms with Crippen LogP contribution < -0.4 is 5.32 Å². The van der Waals surface area contributed by atoms with Crippen molar-refractivity contribution < 1.29 is 9.53 Å². The van der Waals surface area contributed by atoms with Gasteiger partial charge >= 0.3 is 0 Å². The maximum Gasteiger partial charge on any atom is 0.156 e. The Balaban J connectivity index is 2.15. The van der Waals surface area contributed by atoms with E-state index in [1.54, 1.807) is 6.92 Å². The molecule has 1 unspecified atom stereocenters. The number of aryl methyl sites for hydroxylation is 1. The lowest BCUT2D eigenvalue weighted by Gasteiger charge is -2.29. The maximum atomic E-state index is 11.1. The van der Waals surface area contributed by atoms with Gasteiger partial charge in [-0.3, -0.25) is 4.79 Å². The molecule has 0 bridgehead atoms. The Kier molecular flexibility index (Phi) is 4.71. The van der Waals surface area contributed by atoms with E-state index in [2.05, 4.69) is 22.2 Å². The third-order valence-electron chi connectivity index (χ3n) is 3.47. The zero-order valence-corrected chi connectivity index (χ0v) is 11.9. The average Bonchev–Trinajstić information content (AvgIpc) is 2.39. The molecule has 0 aliphatic carbocycles. The summed E-state index contributed by atoms with van der Waals surface area (Å²) in [5.41, 5.74) is 0.325. The number of hydrogen-bond donors (Lipinski definition) is 1. The van der Waals surface area contributed by atoms with Crippen LogP contribution in [0.3, 0.4) is 0 Å². The molecule has 1 atom stereocenters. The number of ether oxygens (including phenoxy) is 1. The Morgan fingerprint density at radius 1 is 1.42 bits per heavy atom. The fourth-order valence-corrected chi connectivity index (χ4v) is 2.57. The largest absolute Gasteiger partial charge is 0.381 e. The minimum absolute atomic E-state index is 0.198. The number of aldehydes is 1. The first-order valence-electron chi connectivity index (χ1n) is 6.45. The fourth-order valence-electron chi connectivity index (χ4n) is 2.31. The van der Waals surface area contributed by atoms with Crippen molar-refractivity contribution in [3.8, 4) is 0 Å². The number of hydrogen-bond acceptors (Lipinski definition) is 5. The second-order valence-electron chi connectivity index (χ2n) is 4.82. The van der Waals surface area contributed by atoms with E-state index in [0.29, 0.717) is 29.4 Å². The van der Waals surface area contributed by atoms with E-state index < -0.39 is 0 Å². The molecule has 0 saturated carbocycles. The first-order valence-corrected chi connectivity index (χ1v) is 6.83. The number of carbonyl (C=O) groups excluding carboxylic acids is 1. The topological polar surface area (TPSA) is 64.1 Å². The van der Waals surface area contributed by atoms with E-state index in [1.807, 2.05) is 0 Å². The molecule has 0 aromatic carbocycles. The molecule has 1 aromatic rings. The average molecular weight is 284 g/mol. The van der Waals surface area contributed by atoms with E-state index in [4.69, 9.17) is 16.3 Å². The lowest BCUT2D eigenvalue weighted by Crippen LogP contribution is -2.31. The second kappa shape index (κ2) is 6.30. The SMILES string of the molecule is Cc1nc(Cl)c(C=O)c(NC(C)C2CCOCC2)n1. The Morgan fingerprint density at radius 3 is 2.74 bits per heavy atom. The van der Waals surface area contributed by atoms with E-state index >= 15 is 0 Å². The van der Waals surface area contributed by atoms with Crippen LogP contribution in [0.1, 0.15) is 35.9 Å². The van der Waals surface area contributed by atoms with Gasteiger partial charge in [-0.25, -0.2) is 9.97 Å². The molecule has 2 heterocycles. The monoisotopic (exact) mass is 283 g/mol. The summed E-state index contributed by atoms with van der Waals surface area (Å²) in [4.78, 5) is 19.4. The van der Waals surface area contributed by atoms with Crippen molar-refractivity contribution in [2.45, 2.75) is 32.7 Å². The number of nitrogens with one attached hydrogen (secondary N) is 1. The summed E-state index contributed by atoms with van der Waals surface area (Å²) < 4.78 is 5.35. The lowest BCUT2D eigenvalue weighted by atomic mass is 9.93. The van der Waals surface area contributed by atoms with Gasteiger partial charge < -0.3 is 10.1 Å². The van der Waals surface area contributed by atoms with Gasteiger partial charge in [0.25, 0.3) is 0 Å². The Bertz CT molecular complexity index is 461. The zero-order chi connectivity index (χ0) is 13.8. The highest BCUT2D eigenvalue weighted by atomic mass is 35.5. The highest BCUT2D eigenvalue weighted by Gasteiger charge is 2.22. The van der Waals surface area contributed by atoms with Crippen molar-refractivity contribution >= 4 is 23.7 Å². The van der Waals surface area contributed by atoms with Crippen molar-refractivity contribution in [1.29, 1.82) is 0 Å². The molecule has 1 fully saturated rings. The normalized spacial score (nSPS) is 18.1. The first-order chi connectivity index (χ1) is 9.11. The summed E-state index contributed by atoms with van der Waals surface area (Å²) in [6, 6.07) is 0.216. The summed E-state index contributed by atoms with van der Waals surface area (Å²) in [6.07, 6.45) is 2.73. The van der Waals surface area contributed by atoms with E-state index in [1.165, 1.54) is 0 Å². The maximum absolute atomic E-state index is 11.1. The molecular weight excluding hydrogens is 266 g/mol. The summed E-state index contributed by atoms with van der Waals surface area (Å²) in [7, 11) is 0. The van der Waals surface area contributed by atoms with E-state index in [0.717, 1.165) is 26.1 Å². The van der Waals surface area contributed by atoms with Crippen LogP contribution in [0.15, 0.2) is 0 Å². The third-order valence-corrected chi connectivity index (χ3v) is 3.75. The smallest absolute Gasteiger partial charge is 0.156 e. The van der Waals surface area contributed by atoms with Crippen LogP contribution in [0.25, 0.3) is 0 Å². The van der Waals surface area contributed by atoms with Crippen molar-refractivity contribution in [2.75, 3.05) is 18.5 Å². The molecule has 1 N–H and O–H groups in total. The van der Waals surface area contributed by atoms with E-state index in [9.17, 15) is 4.79 Å². The Morgan fingerprint density at radius 2 is 2.11 bits per heavy atom. The van der Waals surface area contributed by atoms with Gasteiger partial charge in [-0.15, -0.1) is 0 Å². The van der Waals surface area contributed by atoms with Gasteiger partial charge in [-0.2, -0.15) is 0 Å². The molecule has 1 aromatic heterocycles. The van der Waals surface area contributed by atoms with Gasteiger partial charge in [0, 0.05) is 19.3 Å². The molecule has 19 heavy (non-hydrogen) atoms. The number of nitrogens with zero attached hydrogens (tertiary/aromatic N) is 2. The minimum atomic E-state index is 0.198. The van der Waals surface area contributed by atoms with Crippen LogP contribution in [-0.2, 0) is 4.74 Å². The molecule has 5 nitrogen and oxygen atoms in total. The third kappa shape index (κ3) is 3.42. The van der Waals surface area contributed by atoms with Crippen LogP contribution in [-0.4, -0.2) is 35.5 Å². The second-order valence-corrected chi connectivity index (χ2v) is 5.18. The molecule has 1 aliphatic rings. The van der Waals surface area contributed by atoms with Crippen LogP contribution >= 0.6 is 11.6 Å². The molecule has 6 heteroatoms. The zero-order valence-electron chi connectivity index (χ0n) is 11.1. The van der Waals surface area contributed by atoms with E-state index in [-0.39, 0.29) is 11.2 Å². The highest BCUT2D eigenvalue weighted by Crippen LogP contribution is 2.24. The Hall–Kier alpha value is -1.20. The van der Waals surface area contributed by atoms with Gasteiger partial charge in [0.1, 0.15) is 16.8 Å². The van der Waals surface area contributed by atoms with Gasteiger partial charge in [0.05, 0.1) is 5.56 Å². The summed E-state index contributed by atoms with van der Waals surface area (Å²) in [6.45, 7) is 5.43. The molecule has 1 aliphatic heterocycles. The fraction of sp³-hybridized carbons (Fsp3) is 0.615. The van der Waals surface area contributed by atoms with Gasteiger partial charge in [0.15, 0.2) is 6.29 Å². The quantitative estimate of drug-likeness (QED) is 0.679. The molecule has 0 amide bonds.